The number of carbonyl (C=O) groups is 1. The molecule has 1 saturated carbocycles. The van der Waals surface area contributed by atoms with Crippen LogP contribution in [0.1, 0.15) is 43.0 Å². The van der Waals surface area contributed by atoms with Crippen molar-refractivity contribution in [3.05, 3.63) is 52.9 Å². The van der Waals surface area contributed by atoms with E-state index in [2.05, 4.69) is 27.3 Å². The van der Waals surface area contributed by atoms with E-state index in [0.29, 0.717) is 11.8 Å². The number of ether oxygens (including phenoxy) is 1. The first kappa shape index (κ1) is 19.9. The molecule has 1 aliphatic carbocycles. The Bertz CT molecular complexity index is 837. The SMILES string of the molecule is O=C(O)NC1CCN(c2cc(Cl)nc(C3CC(OCc4ccccc4)C3)n2)CC1. The Kier molecular flexibility index (Phi) is 6.16. The minimum Gasteiger partial charge on any atom is -0.465 e. The van der Waals surface area contributed by atoms with Gasteiger partial charge in [-0.25, -0.2) is 14.8 Å². The van der Waals surface area contributed by atoms with Gasteiger partial charge < -0.3 is 20.1 Å². The van der Waals surface area contributed by atoms with Gasteiger partial charge in [-0.15, -0.1) is 0 Å². The highest BCUT2D eigenvalue weighted by Crippen LogP contribution is 2.38. The third-order valence-electron chi connectivity index (χ3n) is 5.63. The first-order valence-electron chi connectivity index (χ1n) is 10.0. The van der Waals surface area contributed by atoms with Crippen LogP contribution in [0.15, 0.2) is 36.4 Å². The lowest BCUT2D eigenvalue weighted by Gasteiger charge is -2.36. The predicted octanol–water partition coefficient (Wildman–Crippen LogP) is 3.83. The Balaban J connectivity index is 1.31. The zero-order chi connectivity index (χ0) is 20.2. The van der Waals surface area contributed by atoms with E-state index in [1.807, 2.05) is 18.2 Å². The van der Waals surface area contributed by atoms with Crippen molar-refractivity contribution in [1.29, 1.82) is 0 Å². The van der Waals surface area contributed by atoms with Crippen LogP contribution >= 0.6 is 11.6 Å². The van der Waals surface area contributed by atoms with Crippen molar-refractivity contribution in [3.63, 3.8) is 0 Å². The highest BCUT2D eigenvalue weighted by molar-refractivity contribution is 6.29. The normalized spacial score (nSPS) is 22.2. The summed E-state index contributed by atoms with van der Waals surface area (Å²) < 4.78 is 5.98. The topological polar surface area (TPSA) is 87.6 Å². The average molecular weight is 417 g/mol. The molecule has 0 radical (unpaired) electrons. The van der Waals surface area contributed by atoms with Crippen molar-refractivity contribution in [1.82, 2.24) is 15.3 Å². The van der Waals surface area contributed by atoms with Gasteiger partial charge in [-0.05, 0) is 31.2 Å². The molecule has 1 aliphatic heterocycles. The number of piperidine rings is 1. The van der Waals surface area contributed by atoms with Crippen LogP contribution in [-0.2, 0) is 11.3 Å². The van der Waals surface area contributed by atoms with Crippen LogP contribution in [0, 0.1) is 0 Å². The highest BCUT2D eigenvalue weighted by atomic mass is 35.5. The maximum atomic E-state index is 10.8. The van der Waals surface area contributed by atoms with Gasteiger partial charge in [-0.3, -0.25) is 0 Å². The molecule has 1 aromatic carbocycles. The number of nitrogens with one attached hydrogen (secondary N) is 1. The zero-order valence-corrected chi connectivity index (χ0v) is 16.9. The molecule has 1 saturated heterocycles. The average Bonchev–Trinajstić information content (AvgIpc) is 2.67. The van der Waals surface area contributed by atoms with Crippen LogP contribution in [-0.4, -0.2) is 46.4 Å². The number of nitrogens with zero attached hydrogens (tertiary/aromatic N) is 3. The van der Waals surface area contributed by atoms with Crippen molar-refractivity contribution in [2.24, 2.45) is 0 Å². The number of halogens is 1. The number of hydrogen-bond donors (Lipinski definition) is 2. The summed E-state index contributed by atoms with van der Waals surface area (Å²) in [5, 5.41) is 11.9. The lowest BCUT2D eigenvalue weighted by atomic mass is 9.81. The molecule has 154 valence electrons. The number of rotatable bonds is 6. The minimum absolute atomic E-state index is 0.00492. The second-order valence-corrected chi connectivity index (χ2v) is 8.09. The van der Waals surface area contributed by atoms with Crippen LogP contribution in [0.25, 0.3) is 0 Å². The molecule has 1 amide bonds. The fraction of sp³-hybridized carbons (Fsp3) is 0.476. The lowest BCUT2D eigenvalue weighted by Crippen LogP contribution is -2.44. The van der Waals surface area contributed by atoms with Gasteiger partial charge in [0, 0.05) is 31.1 Å². The summed E-state index contributed by atoms with van der Waals surface area (Å²) in [6.07, 6.45) is 2.56. The summed E-state index contributed by atoms with van der Waals surface area (Å²) in [4.78, 5) is 22.2. The fourth-order valence-corrected chi connectivity index (χ4v) is 4.08. The van der Waals surface area contributed by atoms with Crippen molar-refractivity contribution in [2.75, 3.05) is 18.0 Å². The highest BCUT2D eigenvalue weighted by Gasteiger charge is 2.34. The molecule has 0 spiro atoms. The zero-order valence-electron chi connectivity index (χ0n) is 16.1. The minimum atomic E-state index is -0.968. The number of anilines is 1. The van der Waals surface area contributed by atoms with E-state index in [4.69, 9.17) is 26.4 Å². The smallest absolute Gasteiger partial charge is 0.404 e. The van der Waals surface area contributed by atoms with Gasteiger partial charge in [0.25, 0.3) is 0 Å². The first-order chi connectivity index (χ1) is 14.1. The van der Waals surface area contributed by atoms with E-state index in [-0.39, 0.29) is 18.1 Å². The van der Waals surface area contributed by atoms with E-state index in [1.165, 1.54) is 5.56 Å². The van der Waals surface area contributed by atoms with E-state index >= 15 is 0 Å². The van der Waals surface area contributed by atoms with Crippen LogP contribution < -0.4 is 10.2 Å². The number of hydrogen-bond acceptors (Lipinski definition) is 5. The lowest BCUT2D eigenvalue weighted by molar-refractivity contribution is -0.0222. The predicted molar refractivity (Wildman–Crippen MR) is 110 cm³/mol. The van der Waals surface area contributed by atoms with Crippen LogP contribution in [0.4, 0.5) is 10.6 Å². The van der Waals surface area contributed by atoms with Gasteiger partial charge in [0.05, 0.1) is 12.7 Å². The first-order valence-corrected chi connectivity index (χ1v) is 10.4. The van der Waals surface area contributed by atoms with E-state index < -0.39 is 6.09 Å². The summed E-state index contributed by atoms with van der Waals surface area (Å²) in [7, 11) is 0. The Morgan fingerprint density at radius 3 is 2.62 bits per heavy atom. The summed E-state index contributed by atoms with van der Waals surface area (Å²) in [5.74, 6) is 1.86. The Morgan fingerprint density at radius 2 is 1.93 bits per heavy atom. The molecule has 4 rings (SSSR count). The largest absolute Gasteiger partial charge is 0.465 e. The van der Waals surface area contributed by atoms with Crippen LogP contribution in [0.5, 0.6) is 0 Å². The second-order valence-electron chi connectivity index (χ2n) is 7.70. The van der Waals surface area contributed by atoms with Crippen molar-refractivity contribution in [2.45, 2.75) is 50.4 Å². The van der Waals surface area contributed by atoms with Gasteiger partial charge in [0.1, 0.15) is 16.8 Å². The fourth-order valence-electron chi connectivity index (χ4n) is 3.90. The standard InChI is InChI=1S/C21H25ClN4O3/c22-18-12-19(26-8-6-16(7-9-26)23-21(27)28)25-20(24-18)15-10-17(11-15)29-13-14-4-2-1-3-5-14/h1-5,12,15-17,23H,6-11,13H2,(H,27,28). The van der Waals surface area contributed by atoms with Crippen molar-refractivity contribution < 1.29 is 14.6 Å². The molecular weight excluding hydrogens is 392 g/mol. The van der Waals surface area contributed by atoms with Crippen LogP contribution in [0.3, 0.4) is 0 Å². The number of aromatic nitrogens is 2. The maximum absolute atomic E-state index is 10.8. The molecular formula is C21H25ClN4O3. The molecule has 1 aromatic heterocycles. The van der Waals surface area contributed by atoms with Crippen LogP contribution in [0.2, 0.25) is 5.15 Å². The molecule has 7 nitrogen and oxygen atoms in total. The number of carboxylic acid groups (broad SMARTS) is 1. The van der Waals surface area contributed by atoms with Gasteiger partial charge in [-0.1, -0.05) is 41.9 Å². The van der Waals surface area contributed by atoms with E-state index in [0.717, 1.165) is 50.4 Å². The molecule has 2 fully saturated rings. The molecule has 0 atom stereocenters. The molecule has 8 heteroatoms. The molecule has 0 unspecified atom stereocenters. The van der Waals surface area contributed by atoms with Crippen molar-refractivity contribution >= 4 is 23.5 Å². The van der Waals surface area contributed by atoms with Gasteiger partial charge in [-0.2, -0.15) is 0 Å². The third-order valence-corrected chi connectivity index (χ3v) is 5.83. The van der Waals surface area contributed by atoms with Gasteiger partial charge in [0.2, 0.25) is 0 Å². The second kappa shape index (κ2) is 8.97. The van der Waals surface area contributed by atoms with E-state index in [9.17, 15) is 4.79 Å². The summed E-state index contributed by atoms with van der Waals surface area (Å²) in [5.41, 5.74) is 1.18. The molecule has 0 bridgehead atoms. The molecule has 2 aliphatic rings. The van der Waals surface area contributed by atoms with Gasteiger partial charge >= 0.3 is 6.09 Å². The summed E-state index contributed by atoms with van der Waals surface area (Å²) in [6.45, 7) is 2.11. The third kappa shape index (κ3) is 5.16. The molecule has 2 heterocycles. The quantitative estimate of drug-likeness (QED) is 0.696. The Hall–Kier alpha value is -2.38. The summed E-state index contributed by atoms with van der Waals surface area (Å²) in [6, 6.07) is 12.0. The Labute approximate surface area is 175 Å². The summed E-state index contributed by atoms with van der Waals surface area (Å²) >= 11 is 6.27. The molecule has 2 aromatic rings. The monoisotopic (exact) mass is 416 g/mol. The number of amides is 1. The Morgan fingerprint density at radius 1 is 1.21 bits per heavy atom. The maximum Gasteiger partial charge on any atom is 0.404 e. The van der Waals surface area contributed by atoms with Crippen molar-refractivity contribution in [3.8, 4) is 0 Å². The number of benzene rings is 1. The molecule has 29 heavy (non-hydrogen) atoms. The molecule has 2 N–H and O–H groups in total. The van der Waals surface area contributed by atoms with Gasteiger partial charge in [0.15, 0.2) is 0 Å². The van der Waals surface area contributed by atoms with E-state index in [1.54, 1.807) is 6.07 Å².